The van der Waals surface area contributed by atoms with Crippen molar-refractivity contribution in [3.8, 4) is 5.88 Å². The van der Waals surface area contributed by atoms with Gasteiger partial charge in [-0.1, -0.05) is 37.6 Å². The molecule has 216 valence electrons. The normalized spacial score (nSPS) is 25.1. The molecule has 2 aliphatic rings. The van der Waals surface area contributed by atoms with Gasteiger partial charge in [-0.2, -0.15) is 0 Å². The minimum atomic E-state index is -0.816. The molecule has 2 heterocycles. The lowest BCUT2D eigenvalue weighted by atomic mass is 9.99. The van der Waals surface area contributed by atoms with Crippen LogP contribution in [-0.2, 0) is 20.8 Å². The van der Waals surface area contributed by atoms with Gasteiger partial charge in [0.05, 0.1) is 11.1 Å². The number of amides is 3. The molecule has 39 heavy (non-hydrogen) atoms. The number of allylic oxidation sites excluding steroid dienone is 1. The lowest BCUT2D eigenvalue weighted by Gasteiger charge is -2.34. The van der Waals surface area contributed by atoms with Crippen molar-refractivity contribution in [3.05, 3.63) is 35.0 Å². The van der Waals surface area contributed by atoms with Crippen LogP contribution in [0.1, 0.15) is 64.4 Å². The smallest absolute Gasteiger partial charge is 0.245 e. The van der Waals surface area contributed by atoms with Crippen LogP contribution < -0.4 is 15.4 Å². The van der Waals surface area contributed by atoms with E-state index in [4.69, 9.17) is 16.3 Å². The number of pyridine rings is 1. The Balaban J connectivity index is 1.96. The van der Waals surface area contributed by atoms with E-state index in [0.717, 1.165) is 32.1 Å². The summed E-state index contributed by atoms with van der Waals surface area (Å²) in [4.78, 5) is 48.5. The largest absolute Gasteiger partial charge is 0.474 e. The SMILES string of the molecule is CN[C@H]1C/C=C\CCCCN(C)C(=O)[C@H](Cc2cc(Cl)cnc2OC2CC2)N(C)C(=O)[C@H](CC(C)C)NC1=O. The molecule has 10 heteroatoms. The highest BCUT2D eigenvalue weighted by Crippen LogP contribution is 2.30. The second kappa shape index (κ2) is 14.7. The molecule has 0 unspecified atom stereocenters. The number of carbonyl (C=O) groups is 3. The summed E-state index contributed by atoms with van der Waals surface area (Å²) < 4.78 is 6.01. The van der Waals surface area contributed by atoms with Gasteiger partial charge in [-0.3, -0.25) is 14.4 Å². The fourth-order valence-corrected chi connectivity index (χ4v) is 4.89. The predicted molar refractivity (Wildman–Crippen MR) is 153 cm³/mol. The van der Waals surface area contributed by atoms with Crippen molar-refractivity contribution in [1.82, 2.24) is 25.4 Å². The van der Waals surface area contributed by atoms with Crippen LogP contribution in [-0.4, -0.2) is 84.4 Å². The summed E-state index contributed by atoms with van der Waals surface area (Å²) in [5, 5.41) is 6.46. The molecular weight excluding hydrogens is 518 g/mol. The number of hydrogen-bond acceptors (Lipinski definition) is 6. The van der Waals surface area contributed by atoms with Crippen molar-refractivity contribution in [2.24, 2.45) is 5.92 Å². The molecule has 1 aromatic heterocycles. The number of aromatic nitrogens is 1. The van der Waals surface area contributed by atoms with Gasteiger partial charge in [0.25, 0.3) is 0 Å². The van der Waals surface area contributed by atoms with Crippen molar-refractivity contribution >= 4 is 29.3 Å². The van der Waals surface area contributed by atoms with Crippen molar-refractivity contribution in [2.45, 2.75) is 89.4 Å². The van der Waals surface area contributed by atoms with Gasteiger partial charge in [0, 0.05) is 38.8 Å². The maximum Gasteiger partial charge on any atom is 0.245 e. The number of likely N-dealkylation sites (N-methyl/N-ethyl adjacent to an activating group) is 3. The van der Waals surface area contributed by atoms with E-state index in [1.54, 1.807) is 32.1 Å². The van der Waals surface area contributed by atoms with Crippen LogP contribution in [0.25, 0.3) is 0 Å². The van der Waals surface area contributed by atoms with Crippen molar-refractivity contribution in [3.63, 3.8) is 0 Å². The zero-order valence-electron chi connectivity index (χ0n) is 23.9. The molecule has 0 bridgehead atoms. The molecule has 2 N–H and O–H groups in total. The van der Waals surface area contributed by atoms with E-state index in [9.17, 15) is 14.4 Å². The van der Waals surface area contributed by atoms with Crippen LogP contribution in [0, 0.1) is 5.92 Å². The number of nitrogens with one attached hydrogen (secondary N) is 2. The molecule has 0 saturated heterocycles. The zero-order chi connectivity index (χ0) is 28.5. The van der Waals surface area contributed by atoms with Gasteiger partial charge in [-0.05, 0) is 64.0 Å². The molecule has 1 aliphatic carbocycles. The average Bonchev–Trinajstić information content (AvgIpc) is 3.71. The Morgan fingerprint density at radius 1 is 1.15 bits per heavy atom. The van der Waals surface area contributed by atoms with Gasteiger partial charge in [0.15, 0.2) is 0 Å². The third-order valence-electron chi connectivity index (χ3n) is 7.22. The molecule has 9 nitrogen and oxygen atoms in total. The number of hydrogen-bond donors (Lipinski definition) is 2. The minimum Gasteiger partial charge on any atom is -0.474 e. The maximum atomic E-state index is 13.9. The second-order valence-corrected chi connectivity index (χ2v) is 11.5. The van der Waals surface area contributed by atoms with E-state index in [-0.39, 0.29) is 36.2 Å². The summed E-state index contributed by atoms with van der Waals surface area (Å²) in [5.41, 5.74) is 0.681. The highest BCUT2D eigenvalue weighted by molar-refractivity contribution is 6.30. The first-order chi connectivity index (χ1) is 18.6. The molecule has 0 aromatic carbocycles. The number of nitrogens with zero attached hydrogens (tertiary/aromatic N) is 3. The molecule has 1 saturated carbocycles. The third kappa shape index (κ3) is 9.21. The molecular formula is C29H44ClN5O4. The number of carbonyl (C=O) groups excluding carboxylic acids is 3. The summed E-state index contributed by atoms with van der Waals surface area (Å²) >= 11 is 6.30. The summed E-state index contributed by atoms with van der Waals surface area (Å²) in [6.07, 6.45) is 11.5. The number of rotatable bonds is 7. The second-order valence-electron chi connectivity index (χ2n) is 11.1. The van der Waals surface area contributed by atoms with Crippen LogP contribution in [0.3, 0.4) is 0 Å². The summed E-state index contributed by atoms with van der Waals surface area (Å²) in [6, 6.07) is -0.280. The third-order valence-corrected chi connectivity index (χ3v) is 7.43. The van der Waals surface area contributed by atoms with E-state index in [1.165, 1.54) is 11.1 Å². The van der Waals surface area contributed by atoms with Crippen LogP contribution in [0.4, 0.5) is 0 Å². The highest BCUT2D eigenvalue weighted by atomic mass is 35.5. The topological polar surface area (TPSA) is 104 Å². The quantitative estimate of drug-likeness (QED) is 0.495. The zero-order valence-corrected chi connectivity index (χ0v) is 24.7. The summed E-state index contributed by atoms with van der Waals surface area (Å²) in [7, 11) is 5.15. The van der Waals surface area contributed by atoms with Crippen LogP contribution >= 0.6 is 11.6 Å². The Morgan fingerprint density at radius 2 is 1.90 bits per heavy atom. The van der Waals surface area contributed by atoms with Crippen LogP contribution in [0.15, 0.2) is 24.4 Å². The molecule has 1 aliphatic heterocycles. The lowest BCUT2D eigenvalue weighted by molar-refractivity contribution is -0.146. The van der Waals surface area contributed by atoms with Crippen molar-refractivity contribution in [2.75, 3.05) is 27.7 Å². The van der Waals surface area contributed by atoms with Crippen molar-refractivity contribution < 1.29 is 19.1 Å². The fourth-order valence-electron chi connectivity index (χ4n) is 4.71. The molecule has 1 aromatic rings. The van der Waals surface area contributed by atoms with E-state index >= 15 is 0 Å². The van der Waals surface area contributed by atoms with E-state index in [2.05, 4.69) is 21.7 Å². The van der Waals surface area contributed by atoms with Gasteiger partial charge in [0.2, 0.25) is 23.6 Å². The van der Waals surface area contributed by atoms with Gasteiger partial charge < -0.3 is 25.2 Å². The summed E-state index contributed by atoms with van der Waals surface area (Å²) in [5.74, 6) is -0.116. The van der Waals surface area contributed by atoms with Crippen LogP contribution in [0.5, 0.6) is 5.88 Å². The average molecular weight is 562 g/mol. The molecule has 3 amide bonds. The monoisotopic (exact) mass is 561 g/mol. The summed E-state index contributed by atoms with van der Waals surface area (Å²) in [6.45, 7) is 4.59. The Kier molecular flexibility index (Phi) is 11.6. The molecule has 0 radical (unpaired) electrons. The number of halogens is 1. The van der Waals surface area contributed by atoms with Gasteiger partial charge in [-0.15, -0.1) is 0 Å². The first-order valence-corrected chi connectivity index (χ1v) is 14.4. The van der Waals surface area contributed by atoms with Gasteiger partial charge in [-0.25, -0.2) is 4.98 Å². The predicted octanol–water partition coefficient (Wildman–Crippen LogP) is 3.35. The molecule has 3 rings (SSSR count). The standard InChI is InChI=1S/C29H44ClN5O4/c1-19(2)15-24-28(37)35(5)25(17-20-16-21(30)18-32-27(20)39-22-12-13-22)29(38)34(4)14-10-8-6-7-9-11-23(31-3)26(36)33-24/h7,9,16,18-19,22-25,31H,6,8,10-15,17H2,1-5H3,(H,33,36)/b9-7-/t23-,24-,25-/m0/s1. The van der Waals surface area contributed by atoms with E-state index in [1.807, 2.05) is 19.9 Å². The van der Waals surface area contributed by atoms with E-state index < -0.39 is 18.1 Å². The molecule has 1 fully saturated rings. The maximum absolute atomic E-state index is 13.9. The Morgan fingerprint density at radius 3 is 2.56 bits per heavy atom. The first kappa shape index (κ1) is 30.9. The first-order valence-electron chi connectivity index (χ1n) is 14.1. The minimum absolute atomic E-state index is 0.118. The van der Waals surface area contributed by atoms with Gasteiger partial charge in [0.1, 0.15) is 18.2 Å². The molecule has 0 spiro atoms. The fraction of sp³-hybridized carbons (Fsp3) is 0.655. The van der Waals surface area contributed by atoms with Crippen LogP contribution in [0.2, 0.25) is 5.02 Å². The Hall–Kier alpha value is -2.65. The van der Waals surface area contributed by atoms with Crippen molar-refractivity contribution in [1.29, 1.82) is 0 Å². The van der Waals surface area contributed by atoms with Gasteiger partial charge >= 0.3 is 0 Å². The lowest BCUT2D eigenvalue weighted by Crippen LogP contribution is -2.57. The Bertz CT molecular complexity index is 1030. The molecule has 3 atom stereocenters. The highest BCUT2D eigenvalue weighted by Gasteiger charge is 2.36. The number of ether oxygens (including phenoxy) is 1. The van der Waals surface area contributed by atoms with E-state index in [0.29, 0.717) is 35.9 Å². The Labute approximate surface area is 237 Å².